The third kappa shape index (κ3) is 8.22. The first-order valence-corrected chi connectivity index (χ1v) is 15.3. The molecule has 0 aliphatic carbocycles. The van der Waals surface area contributed by atoms with E-state index in [-0.39, 0.29) is 36.2 Å². The van der Waals surface area contributed by atoms with Crippen LogP contribution in [0.3, 0.4) is 0 Å². The summed E-state index contributed by atoms with van der Waals surface area (Å²) in [5, 5.41) is 7.56. The molecule has 1 saturated heterocycles. The number of benzene rings is 3. The highest BCUT2D eigenvalue weighted by atomic mass is 32.2. The van der Waals surface area contributed by atoms with Gasteiger partial charge in [0.25, 0.3) is 0 Å². The molecule has 4 rings (SSSR count). The Labute approximate surface area is 240 Å². The minimum absolute atomic E-state index is 0.0632. The largest absolute Gasteiger partial charge is 0.382 e. The van der Waals surface area contributed by atoms with E-state index < -0.39 is 39.4 Å². The van der Waals surface area contributed by atoms with Gasteiger partial charge in [0.2, 0.25) is 11.8 Å². The lowest BCUT2D eigenvalue weighted by atomic mass is 9.98. The summed E-state index contributed by atoms with van der Waals surface area (Å²) < 4.78 is 36.7. The number of amides is 2. The molecular weight excluding hydrogens is 544 g/mol. The smallest absolute Gasteiger partial charge is 0.225 e. The van der Waals surface area contributed by atoms with Crippen LogP contribution in [0.25, 0.3) is 10.8 Å². The van der Waals surface area contributed by atoms with Crippen molar-refractivity contribution < 1.29 is 32.3 Å². The molecule has 1 aliphatic heterocycles. The summed E-state index contributed by atoms with van der Waals surface area (Å²) >= 11 is 0. The topological polar surface area (TPSA) is 128 Å². The van der Waals surface area contributed by atoms with Gasteiger partial charge in [-0.15, -0.1) is 0 Å². The summed E-state index contributed by atoms with van der Waals surface area (Å²) in [5.41, 5.74) is 1.91. The second-order valence-electron chi connectivity index (χ2n) is 10.4. The number of nitrogens with one attached hydrogen (secondary N) is 2. The lowest BCUT2D eigenvalue weighted by Crippen LogP contribution is -2.51. The maximum absolute atomic E-state index is 13.5. The zero-order valence-electron chi connectivity index (χ0n) is 23.3. The molecule has 2 N–H and O–H groups in total. The Bertz CT molecular complexity index is 1480. The Balaban J connectivity index is 1.47. The van der Waals surface area contributed by atoms with Gasteiger partial charge in [-0.1, -0.05) is 60.2 Å². The van der Waals surface area contributed by atoms with Gasteiger partial charge in [0.05, 0.1) is 42.4 Å². The SMILES string of the molecule is COC[C@H](NC(=O)[C@H](CC(=O)NC1COC1)CS(=O)(=O)c1ccc(C)cc1)C(=O)CCc1cccc2ccccc12. The van der Waals surface area contributed by atoms with E-state index in [1.165, 1.54) is 19.2 Å². The van der Waals surface area contributed by atoms with Crippen molar-refractivity contribution in [1.29, 1.82) is 0 Å². The van der Waals surface area contributed by atoms with Crippen molar-refractivity contribution in [2.24, 2.45) is 5.92 Å². The number of hydrogen-bond acceptors (Lipinski definition) is 7. The number of ether oxygens (including phenoxy) is 2. The molecule has 0 bridgehead atoms. The predicted molar refractivity (Wildman–Crippen MR) is 155 cm³/mol. The van der Waals surface area contributed by atoms with Gasteiger partial charge < -0.3 is 20.1 Å². The number of Topliss-reactive ketones (excluding diaryl/α,β-unsaturated/α-hetero) is 1. The van der Waals surface area contributed by atoms with Gasteiger partial charge >= 0.3 is 0 Å². The third-order valence-corrected chi connectivity index (χ3v) is 9.00. The minimum atomic E-state index is -3.90. The van der Waals surface area contributed by atoms with Crippen molar-refractivity contribution in [2.75, 3.05) is 32.7 Å². The van der Waals surface area contributed by atoms with Crippen LogP contribution in [0.2, 0.25) is 0 Å². The Morgan fingerprint density at radius 3 is 2.39 bits per heavy atom. The van der Waals surface area contributed by atoms with Gasteiger partial charge in [0.15, 0.2) is 15.6 Å². The van der Waals surface area contributed by atoms with Gasteiger partial charge in [-0.2, -0.15) is 0 Å². The van der Waals surface area contributed by atoms with Crippen LogP contribution in [-0.4, -0.2) is 70.8 Å². The number of hydrogen-bond donors (Lipinski definition) is 2. The zero-order valence-corrected chi connectivity index (χ0v) is 24.1. The maximum Gasteiger partial charge on any atom is 0.225 e. The molecular formula is C31H36N2O7S. The molecule has 2 atom stereocenters. The Morgan fingerprint density at radius 1 is 1.00 bits per heavy atom. The third-order valence-electron chi connectivity index (χ3n) is 7.17. The molecule has 2 amide bonds. The highest BCUT2D eigenvalue weighted by Crippen LogP contribution is 2.21. The average molecular weight is 581 g/mol. The zero-order chi connectivity index (χ0) is 29.4. The quantitative estimate of drug-likeness (QED) is 0.300. The lowest BCUT2D eigenvalue weighted by molar-refractivity contribution is -0.134. The van der Waals surface area contributed by atoms with Gasteiger partial charge in [0, 0.05) is 20.0 Å². The normalized spacial score (nSPS) is 15.1. The fraction of sp³-hybridized carbons (Fsp3) is 0.387. The maximum atomic E-state index is 13.5. The van der Waals surface area contributed by atoms with Crippen LogP contribution < -0.4 is 10.6 Å². The summed E-state index contributed by atoms with van der Waals surface area (Å²) in [4.78, 5) is 39.5. The molecule has 0 unspecified atom stereocenters. The minimum Gasteiger partial charge on any atom is -0.382 e. The molecule has 218 valence electrons. The van der Waals surface area contributed by atoms with E-state index in [9.17, 15) is 22.8 Å². The monoisotopic (exact) mass is 580 g/mol. The number of rotatable bonds is 14. The summed E-state index contributed by atoms with van der Waals surface area (Å²) in [7, 11) is -2.48. The van der Waals surface area contributed by atoms with Crippen LogP contribution in [0.5, 0.6) is 0 Å². The van der Waals surface area contributed by atoms with Crippen molar-refractivity contribution in [3.63, 3.8) is 0 Å². The van der Waals surface area contributed by atoms with Gasteiger partial charge in [-0.05, 0) is 41.8 Å². The van der Waals surface area contributed by atoms with E-state index in [1.54, 1.807) is 12.1 Å². The van der Waals surface area contributed by atoms with Crippen LogP contribution in [0.15, 0.2) is 71.6 Å². The molecule has 1 heterocycles. The summed E-state index contributed by atoms with van der Waals surface area (Å²) in [5.74, 6) is -3.19. The van der Waals surface area contributed by atoms with Crippen molar-refractivity contribution in [3.8, 4) is 0 Å². The van der Waals surface area contributed by atoms with E-state index >= 15 is 0 Å². The van der Waals surface area contributed by atoms with Crippen LogP contribution >= 0.6 is 0 Å². The van der Waals surface area contributed by atoms with Crippen molar-refractivity contribution >= 4 is 38.2 Å². The molecule has 10 heteroatoms. The number of aryl methyl sites for hydroxylation is 2. The first kappa shape index (κ1) is 30.4. The first-order valence-electron chi connectivity index (χ1n) is 13.6. The van der Waals surface area contributed by atoms with Crippen LogP contribution in [0.1, 0.15) is 24.0 Å². The molecule has 0 aromatic heterocycles. The van der Waals surface area contributed by atoms with Crippen LogP contribution in [0, 0.1) is 12.8 Å². The molecule has 1 fully saturated rings. The second kappa shape index (κ2) is 13.8. The van der Waals surface area contributed by atoms with Crippen molar-refractivity contribution in [3.05, 3.63) is 77.9 Å². The number of carbonyl (C=O) groups excluding carboxylic acids is 3. The molecule has 0 saturated carbocycles. The number of ketones is 1. The Morgan fingerprint density at radius 2 is 1.71 bits per heavy atom. The molecule has 0 spiro atoms. The fourth-order valence-corrected chi connectivity index (χ4v) is 6.32. The highest BCUT2D eigenvalue weighted by molar-refractivity contribution is 7.91. The van der Waals surface area contributed by atoms with Crippen molar-refractivity contribution in [2.45, 2.75) is 43.2 Å². The van der Waals surface area contributed by atoms with Crippen LogP contribution in [0.4, 0.5) is 0 Å². The standard InChI is InChI=1S/C31H36N2O7S/c1-21-10-13-26(14-11-21)41(37,38)20-24(16-30(35)32-25-17-40-18-25)31(36)33-28(19-39-2)29(34)15-12-23-8-5-7-22-6-3-4-9-27(22)23/h3-11,13-14,24-25,28H,12,15-20H2,1-2H3,(H,32,35)(H,33,36)/t24-,28+/m1/s1. The molecule has 0 radical (unpaired) electrons. The summed E-state index contributed by atoms with van der Waals surface area (Å²) in [6.07, 6.45) is 0.265. The van der Waals surface area contributed by atoms with Gasteiger partial charge in [-0.25, -0.2) is 8.42 Å². The van der Waals surface area contributed by atoms with Gasteiger partial charge in [-0.3, -0.25) is 14.4 Å². The van der Waals surface area contributed by atoms with E-state index in [0.29, 0.717) is 19.6 Å². The lowest BCUT2D eigenvalue weighted by Gasteiger charge is -2.28. The predicted octanol–water partition coefficient (Wildman–Crippen LogP) is 2.78. The summed E-state index contributed by atoms with van der Waals surface area (Å²) in [6, 6.07) is 19.0. The van der Waals surface area contributed by atoms with E-state index in [4.69, 9.17) is 9.47 Å². The second-order valence-corrected chi connectivity index (χ2v) is 12.5. The molecule has 1 aliphatic rings. The van der Waals surface area contributed by atoms with E-state index in [1.807, 2.05) is 49.4 Å². The fourth-order valence-electron chi connectivity index (χ4n) is 4.78. The molecule has 9 nitrogen and oxygen atoms in total. The summed E-state index contributed by atoms with van der Waals surface area (Å²) in [6.45, 7) is 2.49. The number of carbonyl (C=O) groups is 3. The Kier molecular flexibility index (Phi) is 10.3. The highest BCUT2D eigenvalue weighted by Gasteiger charge is 2.33. The molecule has 3 aromatic carbocycles. The number of fused-ring (bicyclic) bond motifs is 1. The van der Waals surface area contributed by atoms with Gasteiger partial charge in [0.1, 0.15) is 6.04 Å². The van der Waals surface area contributed by atoms with Crippen molar-refractivity contribution in [1.82, 2.24) is 10.6 Å². The van der Waals surface area contributed by atoms with E-state index in [2.05, 4.69) is 10.6 Å². The number of sulfone groups is 1. The molecule has 3 aromatic rings. The van der Waals surface area contributed by atoms with E-state index in [0.717, 1.165) is 21.9 Å². The molecule has 41 heavy (non-hydrogen) atoms. The number of methoxy groups -OCH3 is 1. The average Bonchev–Trinajstić information content (AvgIpc) is 2.93. The first-order chi connectivity index (χ1) is 19.7. The van der Waals surface area contributed by atoms with Crippen LogP contribution in [-0.2, 0) is 40.1 Å². The Hall–Kier alpha value is -3.60.